The number of ether oxygens (including phenoxy) is 2. The number of fused-ring (bicyclic) bond motifs is 1. The van der Waals surface area contributed by atoms with Gasteiger partial charge in [-0.15, -0.1) is 0 Å². The zero-order valence-corrected chi connectivity index (χ0v) is 21.1. The molecule has 4 aromatic rings. The maximum absolute atomic E-state index is 12.4. The van der Waals surface area contributed by atoms with Gasteiger partial charge in [0.05, 0.1) is 47.3 Å². The second-order valence-electron chi connectivity index (χ2n) is 9.72. The first-order valence-corrected chi connectivity index (χ1v) is 12.9. The lowest BCUT2D eigenvalue weighted by atomic mass is 9.99. The van der Waals surface area contributed by atoms with E-state index in [0.717, 1.165) is 72.4 Å². The SMILES string of the molecule is NC(=O)c1ccc(-c2cc(OC3CCOCC3)c3c(N)n[nH]c3c2)cc1N1CCN(c2cccnc2)CC1. The van der Waals surface area contributed by atoms with Crippen LogP contribution in [0.1, 0.15) is 23.2 Å². The van der Waals surface area contributed by atoms with Crippen molar-refractivity contribution in [2.75, 3.05) is 54.9 Å². The topological polar surface area (TPSA) is 136 Å². The number of aromatic amines is 1. The van der Waals surface area contributed by atoms with Crippen molar-refractivity contribution in [2.45, 2.75) is 18.9 Å². The average molecular weight is 514 g/mol. The van der Waals surface area contributed by atoms with Crippen LogP contribution in [0.2, 0.25) is 0 Å². The Kier molecular flexibility index (Phi) is 6.47. The molecule has 2 aliphatic heterocycles. The van der Waals surface area contributed by atoms with E-state index in [9.17, 15) is 4.79 Å². The van der Waals surface area contributed by atoms with Gasteiger partial charge >= 0.3 is 0 Å². The van der Waals surface area contributed by atoms with E-state index in [2.05, 4.69) is 31.0 Å². The number of carbonyl (C=O) groups is 1. The molecule has 10 heteroatoms. The molecule has 1 amide bonds. The number of nitrogen functional groups attached to an aromatic ring is 1. The average Bonchev–Trinajstić information content (AvgIpc) is 3.34. The molecule has 2 fully saturated rings. The predicted molar refractivity (Wildman–Crippen MR) is 148 cm³/mol. The van der Waals surface area contributed by atoms with Crippen LogP contribution in [0.25, 0.3) is 22.0 Å². The summed E-state index contributed by atoms with van der Waals surface area (Å²) in [6, 6.07) is 13.8. The van der Waals surface area contributed by atoms with Crippen LogP contribution in [-0.2, 0) is 4.74 Å². The summed E-state index contributed by atoms with van der Waals surface area (Å²) in [5.74, 6) is 0.660. The summed E-state index contributed by atoms with van der Waals surface area (Å²) in [6.07, 6.45) is 5.36. The maximum Gasteiger partial charge on any atom is 0.250 e. The van der Waals surface area contributed by atoms with E-state index in [-0.39, 0.29) is 6.10 Å². The number of anilines is 3. The Bertz CT molecular complexity index is 1440. The number of pyridine rings is 1. The Hall–Kier alpha value is -4.31. The van der Waals surface area contributed by atoms with Gasteiger partial charge in [0.25, 0.3) is 5.91 Å². The van der Waals surface area contributed by atoms with Crippen LogP contribution < -0.4 is 26.0 Å². The van der Waals surface area contributed by atoms with E-state index in [1.54, 1.807) is 6.20 Å². The molecule has 2 aromatic heterocycles. The molecule has 0 saturated carbocycles. The number of nitrogens with two attached hydrogens (primary N) is 2. The second kappa shape index (κ2) is 10.2. The maximum atomic E-state index is 12.4. The highest BCUT2D eigenvalue weighted by molar-refractivity contribution is 6.01. The zero-order chi connectivity index (χ0) is 26.1. The molecule has 0 aliphatic carbocycles. The van der Waals surface area contributed by atoms with E-state index in [4.69, 9.17) is 20.9 Å². The van der Waals surface area contributed by atoms with Crippen LogP contribution in [-0.4, -0.2) is 66.6 Å². The number of hydrogen-bond acceptors (Lipinski definition) is 8. The van der Waals surface area contributed by atoms with E-state index >= 15 is 0 Å². The molecule has 2 aromatic carbocycles. The van der Waals surface area contributed by atoms with Crippen molar-refractivity contribution in [1.29, 1.82) is 0 Å². The van der Waals surface area contributed by atoms with Gasteiger partial charge in [-0.1, -0.05) is 6.07 Å². The molecular weight excluding hydrogens is 482 g/mol. The molecule has 0 spiro atoms. The van der Waals surface area contributed by atoms with Crippen molar-refractivity contribution in [3.05, 3.63) is 60.4 Å². The van der Waals surface area contributed by atoms with E-state index in [0.29, 0.717) is 30.3 Å². The molecule has 0 atom stereocenters. The van der Waals surface area contributed by atoms with Crippen molar-refractivity contribution in [3.63, 3.8) is 0 Å². The number of rotatable bonds is 6. The normalized spacial score (nSPS) is 16.6. The van der Waals surface area contributed by atoms with Gasteiger partial charge in [-0.3, -0.25) is 14.9 Å². The number of aromatic nitrogens is 3. The van der Waals surface area contributed by atoms with Crippen molar-refractivity contribution < 1.29 is 14.3 Å². The number of primary amides is 1. The number of hydrogen-bond donors (Lipinski definition) is 3. The minimum Gasteiger partial charge on any atom is -0.489 e. The van der Waals surface area contributed by atoms with Crippen molar-refractivity contribution >= 4 is 34.0 Å². The largest absolute Gasteiger partial charge is 0.489 e. The van der Waals surface area contributed by atoms with E-state index < -0.39 is 5.91 Å². The molecule has 38 heavy (non-hydrogen) atoms. The highest BCUT2D eigenvalue weighted by atomic mass is 16.5. The third-order valence-electron chi connectivity index (χ3n) is 7.35. The van der Waals surface area contributed by atoms with Crippen LogP contribution in [0.5, 0.6) is 5.75 Å². The van der Waals surface area contributed by atoms with Gasteiger partial charge in [0.2, 0.25) is 0 Å². The number of carbonyl (C=O) groups excluding carboxylic acids is 1. The summed E-state index contributed by atoms with van der Waals surface area (Å²) in [6.45, 7) is 4.51. The number of nitrogens with one attached hydrogen (secondary N) is 1. The van der Waals surface area contributed by atoms with E-state index in [1.807, 2.05) is 42.6 Å². The summed E-state index contributed by atoms with van der Waals surface area (Å²) >= 11 is 0. The van der Waals surface area contributed by atoms with Crippen LogP contribution in [0, 0.1) is 0 Å². The van der Waals surface area contributed by atoms with Gasteiger partial charge in [0.1, 0.15) is 11.9 Å². The van der Waals surface area contributed by atoms with Gasteiger partial charge in [0.15, 0.2) is 5.82 Å². The highest BCUT2D eigenvalue weighted by Crippen LogP contribution is 2.38. The first-order valence-electron chi connectivity index (χ1n) is 12.9. The van der Waals surface area contributed by atoms with Crippen LogP contribution in [0.3, 0.4) is 0 Å². The van der Waals surface area contributed by atoms with Gasteiger partial charge in [0, 0.05) is 45.2 Å². The lowest BCUT2D eigenvalue weighted by Gasteiger charge is -2.38. The molecule has 0 unspecified atom stereocenters. The van der Waals surface area contributed by atoms with Crippen LogP contribution >= 0.6 is 0 Å². The standard InChI is InChI=1S/C28H31N7O3/c29-27-26-23(32-33-27)14-19(16-25(26)38-21-5-12-37-13-6-21)18-3-4-22(28(30)36)24(15-18)35-10-8-34(9-11-35)20-2-1-7-31-17-20/h1-4,7,14-17,21H,5-6,8-13H2,(H2,30,36)(H3,29,32,33). The highest BCUT2D eigenvalue weighted by Gasteiger charge is 2.23. The zero-order valence-electron chi connectivity index (χ0n) is 21.1. The molecule has 0 bridgehead atoms. The lowest BCUT2D eigenvalue weighted by molar-refractivity contribution is 0.0262. The Morgan fingerprint density at radius 1 is 1.03 bits per heavy atom. The van der Waals surface area contributed by atoms with Gasteiger partial charge < -0.3 is 30.7 Å². The molecule has 2 saturated heterocycles. The number of H-pyrrole nitrogens is 1. The van der Waals surface area contributed by atoms with Crippen molar-refractivity contribution in [1.82, 2.24) is 15.2 Å². The number of nitrogens with zero attached hydrogens (tertiary/aromatic N) is 4. The second-order valence-corrected chi connectivity index (χ2v) is 9.72. The van der Waals surface area contributed by atoms with Crippen LogP contribution in [0.15, 0.2) is 54.9 Å². The molecule has 2 aliphatic rings. The van der Waals surface area contributed by atoms with Gasteiger partial charge in [-0.2, -0.15) is 5.10 Å². The van der Waals surface area contributed by atoms with E-state index in [1.165, 1.54) is 0 Å². The summed E-state index contributed by atoms with van der Waals surface area (Å²) in [5.41, 5.74) is 17.1. The predicted octanol–water partition coefficient (Wildman–Crippen LogP) is 3.19. The van der Waals surface area contributed by atoms with Crippen LogP contribution in [0.4, 0.5) is 17.2 Å². The van der Waals surface area contributed by atoms with Crippen molar-refractivity contribution in [3.8, 4) is 16.9 Å². The fourth-order valence-electron chi connectivity index (χ4n) is 5.30. The van der Waals surface area contributed by atoms with Gasteiger partial charge in [-0.05, 0) is 47.5 Å². The Morgan fingerprint density at radius 3 is 2.55 bits per heavy atom. The monoisotopic (exact) mass is 513 g/mol. The molecule has 5 N–H and O–H groups in total. The quantitative estimate of drug-likeness (QED) is 0.358. The minimum atomic E-state index is -0.443. The van der Waals surface area contributed by atoms with Crippen molar-refractivity contribution in [2.24, 2.45) is 5.73 Å². The Balaban J connectivity index is 1.33. The molecular formula is C28H31N7O3. The fourth-order valence-corrected chi connectivity index (χ4v) is 5.30. The number of piperazine rings is 1. The summed E-state index contributed by atoms with van der Waals surface area (Å²) < 4.78 is 11.9. The molecule has 196 valence electrons. The van der Waals surface area contributed by atoms with Gasteiger partial charge in [-0.25, -0.2) is 0 Å². The smallest absolute Gasteiger partial charge is 0.250 e. The lowest BCUT2D eigenvalue weighted by Crippen LogP contribution is -2.47. The Morgan fingerprint density at radius 2 is 1.82 bits per heavy atom. The molecule has 0 radical (unpaired) electrons. The first kappa shape index (κ1) is 24.1. The number of amides is 1. The fraction of sp³-hybridized carbons (Fsp3) is 0.321. The molecule has 4 heterocycles. The first-order chi connectivity index (χ1) is 18.6. The third kappa shape index (κ3) is 4.70. The molecule has 10 nitrogen and oxygen atoms in total. The Labute approximate surface area is 220 Å². The third-order valence-corrected chi connectivity index (χ3v) is 7.35. The number of benzene rings is 2. The minimum absolute atomic E-state index is 0.0559. The molecule has 6 rings (SSSR count). The summed E-state index contributed by atoms with van der Waals surface area (Å²) in [5, 5.41) is 8.02. The summed E-state index contributed by atoms with van der Waals surface area (Å²) in [4.78, 5) is 21.1. The summed E-state index contributed by atoms with van der Waals surface area (Å²) in [7, 11) is 0.